The number of hydrogen-bond donors (Lipinski definition) is 2. The zero-order chi connectivity index (χ0) is 15.4. The van der Waals surface area contributed by atoms with Gasteiger partial charge in [-0.2, -0.15) is 0 Å². The van der Waals surface area contributed by atoms with Crippen LogP contribution < -0.4 is 10.1 Å². The van der Waals surface area contributed by atoms with Crippen molar-refractivity contribution >= 4 is 17.7 Å². The van der Waals surface area contributed by atoms with Crippen molar-refractivity contribution in [1.82, 2.24) is 4.90 Å². The van der Waals surface area contributed by atoms with Gasteiger partial charge in [0.15, 0.2) is 11.6 Å². The van der Waals surface area contributed by atoms with E-state index in [-0.39, 0.29) is 12.3 Å². The molecule has 1 heterocycles. The molecule has 1 atom stereocenters. The number of likely N-dealkylation sites (tertiary alicyclic amines) is 1. The van der Waals surface area contributed by atoms with Crippen LogP contribution in [0.2, 0.25) is 0 Å². The van der Waals surface area contributed by atoms with E-state index in [9.17, 15) is 14.0 Å². The lowest BCUT2D eigenvalue weighted by atomic mass is 9.99. The number of ether oxygens (including phenoxy) is 1. The van der Waals surface area contributed by atoms with Crippen molar-refractivity contribution in [3.05, 3.63) is 24.0 Å². The molecular formula is C14H17FN2O4. The quantitative estimate of drug-likeness (QED) is 0.896. The van der Waals surface area contributed by atoms with Crippen LogP contribution in [0.3, 0.4) is 0 Å². The molecule has 0 spiro atoms. The first-order valence-corrected chi connectivity index (χ1v) is 6.63. The Hall–Kier alpha value is -2.31. The van der Waals surface area contributed by atoms with Gasteiger partial charge in [-0.15, -0.1) is 0 Å². The van der Waals surface area contributed by atoms with Gasteiger partial charge in [0.05, 0.1) is 13.0 Å². The second-order valence-corrected chi connectivity index (χ2v) is 4.90. The highest BCUT2D eigenvalue weighted by molar-refractivity contribution is 5.89. The van der Waals surface area contributed by atoms with E-state index in [1.807, 2.05) is 0 Å². The molecule has 0 aliphatic carbocycles. The highest BCUT2D eigenvalue weighted by Gasteiger charge is 2.28. The van der Waals surface area contributed by atoms with Crippen molar-refractivity contribution in [3.63, 3.8) is 0 Å². The van der Waals surface area contributed by atoms with Crippen LogP contribution in [-0.2, 0) is 4.79 Å². The number of benzene rings is 1. The number of carboxylic acids is 1. The summed E-state index contributed by atoms with van der Waals surface area (Å²) in [5, 5.41) is 11.6. The largest absolute Gasteiger partial charge is 0.494 e. The maximum Gasteiger partial charge on any atom is 0.321 e. The monoisotopic (exact) mass is 296 g/mol. The van der Waals surface area contributed by atoms with E-state index in [1.165, 1.54) is 24.1 Å². The zero-order valence-corrected chi connectivity index (χ0v) is 11.6. The molecule has 0 unspecified atom stereocenters. The van der Waals surface area contributed by atoms with Gasteiger partial charge in [0.1, 0.15) is 0 Å². The molecule has 1 aromatic rings. The molecule has 114 valence electrons. The molecule has 2 rings (SSSR count). The second-order valence-electron chi connectivity index (χ2n) is 4.90. The van der Waals surface area contributed by atoms with Gasteiger partial charge in [0.25, 0.3) is 0 Å². The number of halogens is 1. The number of anilines is 1. The topological polar surface area (TPSA) is 78.9 Å². The van der Waals surface area contributed by atoms with Gasteiger partial charge in [0, 0.05) is 24.8 Å². The summed E-state index contributed by atoms with van der Waals surface area (Å²) in [4.78, 5) is 24.5. The smallest absolute Gasteiger partial charge is 0.321 e. The Bertz CT molecular complexity index is 550. The van der Waals surface area contributed by atoms with Gasteiger partial charge < -0.3 is 20.1 Å². The summed E-state index contributed by atoms with van der Waals surface area (Å²) in [5.41, 5.74) is 0.302. The summed E-state index contributed by atoms with van der Waals surface area (Å²) < 4.78 is 18.3. The number of carboxylic acid groups (broad SMARTS) is 1. The number of nitrogens with one attached hydrogen (secondary N) is 1. The van der Waals surface area contributed by atoms with E-state index in [1.54, 1.807) is 0 Å². The van der Waals surface area contributed by atoms with Gasteiger partial charge in [0.2, 0.25) is 0 Å². The third kappa shape index (κ3) is 3.62. The first-order chi connectivity index (χ1) is 10.0. The number of piperidine rings is 1. The zero-order valence-electron chi connectivity index (χ0n) is 11.6. The summed E-state index contributed by atoms with van der Waals surface area (Å²) in [6.45, 7) is 0.661. The van der Waals surface area contributed by atoms with Gasteiger partial charge in [-0.1, -0.05) is 0 Å². The molecule has 1 aliphatic heterocycles. The Balaban J connectivity index is 2.00. The minimum absolute atomic E-state index is 0.0944. The highest BCUT2D eigenvalue weighted by Crippen LogP contribution is 2.22. The lowest BCUT2D eigenvalue weighted by molar-refractivity contribution is -0.143. The van der Waals surface area contributed by atoms with E-state index in [2.05, 4.69) is 5.32 Å². The Morgan fingerprint density at radius 1 is 1.48 bits per heavy atom. The van der Waals surface area contributed by atoms with E-state index < -0.39 is 23.7 Å². The van der Waals surface area contributed by atoms with Gasteiger partial charge in [-0.25, -0.2) is 9.18 Å². The minimum Gasteiger partial charge on any atom is -0.494 e. The van der Waals surface area contributed by atoms with E-state index >= 15 is 0 Å². The SMILES string of the molecule is COc1ccc(NC(=O)N2CCC[C@H](C(=O)O)C2)cc1F. The summed E-state index contributed by atoms with van der Waals surface area (Å²) in [7, 11) is 1.36. The molecule has 1 aliphatic rings. The molecule has 1 fully saturated rings. The fraction of sp³-hybridized carbons (Fsp3) is 0.429. The number of carbonyl (C=O) groups excluding carboxylic acids is 1. The van der Waals surface area contributed by atoms with Gasteiger partial charge >= 0.3 is 12.0 Å². The predicted octanol–water partition coefficient (Wildman–Crippen LogP) is 2.16. The molecule has 1 aromatic carbocycles. The van der Waals surface area contributed by atoms with Crippen LogP contribution in [0.4, 0.5) is 14.9 Å². The van der Waals surface area contributed by atoms with Crippen LogP contribution in [-0.4, -0.2) is 42.2 Å². The standard InChI is InChI=1S/C14H17FN2O4/c1-21-12-5-4-10(7-11(12)15)16-14(20)17-6-2-3-9(8-17)13(18)19/h4-5,7,9H,2-3,6,8H2,1H3,(H,16,20)(H,18,19)/t9-/m0/s1. The molecule has 6 nitrogen and oxygen atoms in total. The number of carbonyl (C=O) groups is 2. The first-order valence-electron chi connectivity index (χ1n) is 6.63. The van der Waals surface area contributed by atoms with Crippen LogP contribution in [0.5, 0.6) is 5.75 Å². The third-order valence-electron chi connectivity index (χ3n) is 3.46. The number of rotatable bonds is 3. The maximum absolute atomic E-state index is 13.5. The van der Waals surface area contributed by atoms with Crippen molar-refractivity contribution in [2.75, 3.05) is 25.5 Å². The second kappa shape index (κ2) is 6.43. The molecule has 0 bridgehead atoms. The number of urea groups is 1. The average Bonchev–Trinajstić information content (AvgIpc) is 2.47. The molecule has 7 heteroatoms. The predicted molar refractivity (Wildman–Crippen MR) is 73.9 cm³/mol. The Labute approximate surface area is 121 Å². The summed E-state index contributed by atoms with van der Waals surface area (Å²) >= 11 is 0. The lowest BCUT2D eigenvalue weighted by Gasteiger charge is -2.30. The highest BCUT2D eigenvalue weighted by atomic mass is 19.1. The molecular weight excluding hydrogens is 279 g/mol. The van der Waals surface area contributed by atoms with Crippen LogP contribution in [0.25, 0.3) is 0 Å². The molecule has 0 saturated carbocycles. The van der Waals surface area contributed by atoms with Gasteiger partial charge in [-0.05, 0) is 25.0 Å². The molecule has 2 amide bonds. The van der Waals surface area contributed by atoms with Gasteiger partial charge in [-0.3, -0.25) is 4.79 Å². The maximum atomic E-state index is 13.5. The molecule has 1 saturated heterocycles. The van der Waals surface area contributed by atoms with Crippen LogP contribution in [0.1, 0.15) is 12.8 Å². The van der Waals surface area contributed by atoms with Crippen molar-refractivity contribution in [2.24, 2.45) is 5.92 Å². The van der Waals surface area contributed by atoms with Crippen molar-refractivity contribution < 1.29 is 23.8 Å². The normalized spacial score (nSPS) is 18.2. The van der Waals surface area contributed by atoms with E-state index in [4.69, 9.17) is 9.84 Å². The summed E-state index contributed by atoms with van der Waals surface area (Å²) in [6.07, 6.45) is 1.21. The number of aliphatic carboxylic acids is 1. The van der Waals surface area contributed by atoms with E-state index in [0.29, 0.717) is 25.1 Å². The fourth-order valence-electron chi connectivity index (χ4n) is 2.31. The molecule has 0 aromatic heterocycles. The Morgan fingerprint density at radius 2 is 2.24 bits per heavy atom. The Kier molecular flexibility index (Phi) is 4.62. The molecule has 21 heavy (non-hydrogen) atoms. The number of amides is 2. The number of hydrogen-bond acceptors (Lipinski definition) is 3. The average molecular weight is 296 g/mol. The van der Waals surface area contributed by atoms with Crippen LogP contribution >= 0.6 is 0 Å². The lowest BCUT2D eigenvalue weighted by Crippen LogP contribution is -2.44. The first kappa shape index (κ1) is 15.1. The van der Waals surface area contributed by atoms with Crippen molar-refractivity contribution in [3.8, 4) is 5.75 Å². The summed E-state index contributed by atoms with van der Waals surface area (Å²) in [5.74, 6) is -1.92. The summed E-state index contributed by atoms with van der Waals surface area (Å²) in [6, 6.07) is 3.68. The fourth-order valence-corrected chi connectivity index (χ4v) is 2.31. The van der Waals surface area contributed by atoms with E-state index in [0.717, 1.165) is 6.07 Å². The molecule has 0 radical (unpaired) electrons. The van der Waals surface area contributed by atoms with Crippen molar-refractivity contribution in [2.45, 2.75) is 12.8 Å². The minimum atomic E-state index is -0.900. The Morgan fingerprint density at radius 3 is 2.86 bits per heavy atom. The van der Waals surface area contributed by atoms with Crippen LogP contribution in [0.15, 0.2) is 18.2 Å². The molecule has 2 N–H and O–H groups in total. The third-order valence-corrected chi connectivity index (χ3v) is 3.46. The van der Waals surface area contributed by atoms with Crippen LogP contribution in [0, 0.1) is 11.7 Å². The number of nitrogens with zero attached hydrogens (tertiary/aromatic N) is 1. The van der Waals surface area contributed by atoms with Crippen molar-refractivity contribution in [1.29, 1.82) is 0 Å². The number of methoxy groups -OCH3 is 1.